The predicted molar refractivity (Wildman–Crippen MR) is 87.9 cm³/mol. The van der Waals surface area contributed by atoms with Crippen molar-refractivity contribution in [2.45, 2.75) is 13.1 Å². The summed E-state index contributed by atoms with van der Waals surface area (Å²) in [4.78, 5) is 2.28. The summed E-state index contributed by atoms with van der Waals surface area (Å²) < 4.78 is 1.87. The molecule has 0 aliphatic carbocycles. The summed E-state index contributed by atoms with van der Waals surface area (Å²) in [6.07, 6.45) is 0. The SMILES string of the molecule is CN(Cc1ccccc1)Cc1cc(Br)c(N)c(Br)c1. The third-order valence-corrected chi connectivity index (χ3v) is 4.20. The van der Waals surface area contributed by atoms with E-state index in [9.17, 15) is 0 Å². The topological polar surface area (TPSA) is 29.3 Å². The van der Waals surface area contributed by atoms with Crippen molar-refractivity contribution in [3.05, 3.63) is 62.5 Å². The van der Waals surface area contributed by atoms with Crippen LogP contribution in [0.15, 0.2) is 51.4 Å². The zero-order valence-electron chi connectivity index (χ0n) is 10.7. The lowest BCUT2D eigenvalue weighted by Gasteiger charge is -2.17. The second-order valence-electron chi connectivity index (χ2n) is 4.63. The van der Waals surface area contributed by atoms with Crippen molar-refractivity contribution < 1.29 is 0 Å². The molecule has 0 amide bonds. The molecular weight excluding hydrogens is 368 g/mol. The van der Waals surface area contributed by atoms with Gasteiger partial charge in [-0.15, -0.1) is 0 Å². The minimum atomic E-state index is 0.745. The number of rotatable bonds is 4. The number of benzene rings is 2. The van der Waals surface area contributed by atoms with Crippen LogP contribution in [-0.4, -0.2) is 11.9 Å². The molecule has 0 aromatic heterocycles. The maximum absolute atomic E-state index is 5.90. The number of anilines is 1. The van der Waals surface area contributed by atoms with Gasteiger partial charge in [-0.3, -0.25) is 4.90 Å². The van der Waals surface area contributed by atoms with Gasteiger partial charge in [-0.2, -0.15) is 0 Å². The van der Waals surface area contributed by atoms with Crippen LogP contribution in [0, 0.1) is 0 Å². The van der Waals surface area contributed by atoms with Gasteiger partial charge in [0.15, 0.2) is 0 Å². The summed E-state index contributed by atoms with van der Waals surface area (Å²) in [6, 6.07) is 14.6. The minimum Gasteiger partial charge on any atom is -0.397 e. The molecule has 19 heavy (non-hydrogen) atoms. The van der Waals surface area contributed by atoms with E-state index in [1.165, 1.54) is 11.1 Å². The molecule has 0 fully saturated rings. The molecular formula is C15H16Br2N2. The highest BCUT2D eigenvalue weighted by Gasteiger charge is 2.07. The Bertz CT molecular complexity index is 532. The Kier molecular flexibility index (Phi) is 5.02. The molecule has 0 aliphatic heterocycles. The molecule has 0 aliphatic rings. The van der Waals surface area contributed by atoms with Gasteiger partial charge in [0.25, 0.3) is 0 Å². The number of nitrogen functional groups attached to an aromatic ring is 1. The molecule has 0 unspecified atom stereocenters. The summed E-state index contributed by atoms with van der Waals surface area (Å²) >= 11 is 6.96. The maximum Gasteiger partial charge on any atom is 0.0603 e. The summed E-state index contributed by atoms with van der Waals surface area (Å²) in [5.41, 5.74) is 9.19. The van der Waals surface area contributed by atoms with Crippen molar-refractivity contribution in [1.82, 2.24) is 4.90 Å². The van der Waals surface area contributed by atoms with Crippen molar-refractivity contribution in [2.75, 3.05) is 12.8 Å². The van der Waals surface area contributed by atoms with Crippen molar-refractivity contribution in [1.29, 1.82) is 0 Å². The summed E-state index contributed by atoms with van der Waals surface area (Å²) in [6.45, 7) is 1.81. The number of nitrogens with zero attached hydrogens (tertiary/aromatic N) is 1. The molecule has 4 heteroatoms. The minimum absolute atomic E-state index is 0.745. The first-order valence-corrected chi connectivity index (χ1v) is 7.60. The normalized spacial score (nSPS) is 10.9. The summed E-state index contributed by atoms with van der Waals surface area (Å²) in [7, 11) is 2.12. The Morgan fingerprint density at radius 1 is 0.947 bits per heavy atom. The highest BCUT2D eigenvalue weighted by atomic mass is 79.9. The Balaban J connectivity index is 2.05. The van der Waals surface area contributed by atoms with Gasteiger partial charge in [0.1, 0.15) is 0 Å². The van der Waals surface area contributed by atoms with Crippen LogP contribution in [0.5, 0.6) is 0 Å². The monoisotopic (exact) mass is 382 g/mol. The predicted octanol–water partition coefficient (Wildman–Crippen LogP) is 4.43. The van der Waals surface area contributed by atoms with Gasteiger partial charge in [0.05, 0.1) is 5.69 Å². The van der Waals surface area contributed by atoms with E-state index in [2.05, 4.69) is 80.2 Å². The van der Waals surface area contributed by atoms with E-state index < -0.39 is 0 Å². The molecule has 0 heterocycles. The molecule has 0 radical (unpaired) electrons. The van der Waals surface area contributed by atoms with Crippen molar-refractivity contribution in [3.63, 3.8) is 0 Å². The quantitative estimate of drug-likeness (QED) is 0.791. The third kappa shape index (κ3) is 4.06. The van der Waals surface area contributed by atoms with Crippen LogP contribution in [0.3, 0.4) is 0 Å². The fourth-order valence-electron chi connectivity index (χ4n) is 1.99. The lowest BCUT2D eigenvalue weighted by molar-refractivity contribution is 0.319. The van der Waals surface area contributed by atoms with Gasteiger partial charge in [-0.05, 0) is 62.2 Å². The van der Waals surface area contributed by atoms with Gasteiger partial charge in [0, 0.05) is 22.0 Å². The molecule has 100 valence electrons. The molecule has 0 saturated heterocycles. The first kappa shape index (κ1) is 14.6. The number of hydrogen-bond acceptors (Lipinski definition) is 2. The second-order valence-corrected chi connectivity index (χ2v) is 6.34. The molecule has 0 saturated carbocycles. The van der Waals surface area contributed by atoms with E-state index in [1.807, 2.05) is 6.07 Å². The fourth-order valence-corrected chi connectivity index (χ4v) is 3.27. The van der Waals surface area contributed by atoms with Crippen LogP contribution in [-0.2, 0) is 13.1 Å². The fraction of sp³-hybridized carbons (Fsp3) is 0.200. The largest absolute Gasteiger partial charge is 0.397 e. The standard InChI is InChI=1S/C15H16Br2N2/c1-19(9-11-5-3-2-4-6-11)10-12-7-13(16)15(18)14(17)8-12/h2-8H,9-10,18H2,1H3. The molecule has 2 aromatic rings. The van der Waals surface area contributed by atoms with Crippen molar-refractivity contribution >= 4 is 37.5 Å². The molecule has 2 nitrogen and oxygen atoms in total. The van der Waals surface area contributed by atoms with Crippen LogP contribution < -0.4 is 5.73 Å². The Morgan fingerprint density at radius 2 is 1.47 bits per heavy atom. The number of nitrogens with two attached hydrogens (primary N) is 1. The van der Waals surface area contributed by atoms with Crippen LogP contribution in [0.2, 0.25) is 0 Å². The summed E-state index contributed by atoms with van der Waals surface area (Å²) in [5.74, 6) is 0. The van der Waals surface area contributed by atoms with Crippen molar-refractivity contribution in [3.8, 4) is 0 Å². The molecule has 2 N–H and O–H groups in total. The van der Waals surface area contributed by atoms with Crippen LogP contribution in [0.4, 0.5) is 5.69 Å². The average molecular weight is 384 g/mol. The second kappa shape index (κ2) is 6.55. The van der Waals surface area contributed by atoms with Gasteiger partial charge >= 0.3 is 0 Å². The Hall–Kier alpha value is -0.840. The first-order chi connectivity index (χ1) is 9.06. The molecule has 0 atom stereocenters. The Labute approximate surface area is 130 Å². The summed E-state index contributed by atoms with van der Waals surface area (Å²) in [5, 5.41) is 0. The van der Waals surface area contributed by atoms with E-state index in [-0.39, 0.29) is 0 Å². The van der Waals surface area contributed by atoms with E-state index in [4.69, 9.17) is 5.73 Å². The molecule has 2 aromatic carbocycles. The first-order valence-electron chi connectivity index (χ1n) is 6.02. The maximum atomic E-state index is 5.90. The number of hydrogen-bond donors (Lipinski definition) is 1. The average Bonchev–Trinajstić information content (AvgIpc) is 2.37. The third-order valence-electron chi connectivity index (χ3n) is 2.89. The smallest absolute Gasteiger partial charge is 0.0603 e. The zero-order chi connectivity index (χ0) is 13.8. The van der Waals surface area contributed by atoms with Crippen LogP contribution in [0.25, 0.3) is 0 Å². The van der Waals surface area contributed by atoms with Gasteiger partial charge in [-0.25, -0.2) is 0 Å². The van der Waals surface area contributed by atoms with Crippen LogP contribution in [0.1, 0.15) is 11.1 Å². The highest BCUT2D eigenvalue weighted by molar-refractivity contribution is 9.11. The lowest BCUT2D eigenvalue weighted by atomic mass is 10.1. The van der Waals surface area contributed by atoms with E-state index >= 15 is 0 Å². The van der Waals surface area contributed by atoms with Crippen molar-refractivity contribution in [2.24, 2.45) is 0 Å². The number of halogens is 2. The van der Waals surface area contributed by atoms with Gasteiger partial charge < -0.3 is 5.73 Å². The van der Waals surface area contributed by atoms with E-state index in [0.29, 0.717) is 0 Å². The van der Waals surface area contributed by atoms with Gasteiger partial charge in [-0.1, -0.05) is 30.3 Å². The molecule has 2 rings (SSSR count). The molecule has 0 spiro atoms. The van der Waals surface area contributed by atoms with Gasteiger partial charge in [0.2, 0.25) is 0 Å². The Morgan fingerprint density at radius 3 is 2.05 bits per heavy atom. The lowest BCUT2D eigenvalue weighted by Crippen LogP contribution is -2.17. The van der Waals surface area contributed by atoms with E-state index in [1.54, 1.807) is 0 Å². The zero-order valence-corrected chi connectivity index (χ0v) is 13.9. The molecule has 0 bridgehead atoms. The highest BCUT2D eigenvalue weighted by Crippen LogP contribution is 2.30. The van der Waals surface area contributed by atoms with E-state index in [0.717, 1.165) is 27.7 Å². The van der Waals surface area contributed by atoms with Crippen LogP contribution >= 0.6 is 31.9 Å².